The Kier molecular flexibility index (Phi) is 5.83. The van der Waals surface area contributed by atoms with Gasteiger partial charge in [0.15, 0.2) is 0 Å². The smallest absolute Gasteiger partial charge is 0.253 e. The number of carbonyl (C=O) groups excluding carboxylic acids is 2. The molecule has 2 N–H and O–H groups in total. The minimum absolute atomic E-state index is 0.250. The number of anilines is 2. The summed E-state index contributed by atoms with van der Waals surface area (Å²) in [6, 6.07) is 5.23. The molecule has 2 atom stereocenters. The third-order valence-electron chi connectivity index (χ3n) is 3.78. The van der Waals surface area contributed by atoms with Gasteiger partial charge in [-0.05, 0) is 32.0 Å². The van der Waals surface area contributed by atoms with E-state index in [4.69, 9.17) is 9.47 Å². The van der Waals surface area contributed by atoms with Gasteiger partial charge in [0, 0.05) is 43.1 Å². The lowest BCUT2D eigenvalue weighted by molar-refractivity contribution is -0.125. The Bertz CT molecular complexity index is 685. The van der Waals surface area contributed by atoms with Gasteiger partial charge < -0.3 is 20.1 Å². The Morgan fingerprint density at radius 3 is 1.92 bits per heavy atom. The Morgan fingerprint density at radius 1 is 0.917 bits per heavy atom. The van der Waals surface area contributed by atoms with Crippen LogP contribution in [-0.2, 0) is 19.1 Å². The Balaban J connectivity index is 2.36. The molecule has 0 saturated heterocycles. The van der Waals surface area contributed by atoms with Crippen molar-refractivity contribution >= 4 is 34.0 Å². The number of nitrogens with zero attached hydrogens (tertiary/aromatic N) is 1. The molecule has 2 amide bonds. The maximum absolute atomic E-state index is 12.0. The van der Waals surface area contributed by atoms with Gasteiger partial charge in [0.1, 0.15) is 12.2 Å². The molecule has 24 heavy (non-hydrogen) atoms. The quantitative estimate of drug-likeness (QED) is 0.847. The number of amides is 2. The fourth-order valence-corrected chi connectivity index (χ4v) is 2.09. The fraction of sp³-hybridized carbons (Fsp3) is 0.353. The van der Waals surface area contributed by atoms with Crippen LogP contribution in [-0.4, -0.2) is 43.2 Å². The molecule has 128 valence electrons. The number of hydrogen-bond donors (Lipinski definition) is 2. The van der Waals surface area contributed by atoms with Crippen molar-refractivity contribution in [2.45, 2.75) is 26.1 Å². The molecule has 0 saturated carbocycles. The van der Waals surface area contributed by atoms with Crippen molar-refractivity contribution in [1.29, 1.82) is 0 Å². The first-order valence-corrected chi connectivity index (χ1v) is 7.52. The van der Waals surface area contributed by atoms with Crippen LogP contribution in [0, 0.1) is 0 Å². The number of methoxy groups -OCH3 is 2. The molecule has 7 nitrogen and oxygen atoms in total. The van der Waals surface area contributed by atoms with Crippen LogP contribution in [0.3, 0.4) is 0 Å². The maximum Gasteiger partial charge on any atom is 0.253 e. The second-order valence-electron chi connectivity index (χ2n) is 5.32. The summed E-state index contributed by atoms with van der Waals surface area (Å²) in [5.74, 6) is -0.507. The van der Waals surface area contributed by atoms with E-state index in [2.05, 4.69) is 15.6 Å². The summed E-state index contributed by atoms with van der Waals surface area (Å²) in [6.07, 6.45) is 2.13. The van der Waals surface area contributed by atoms with Crippen LogP contribution in [0.1, 0.15) is 13.8 Å². The normalized spacial score (nSPS) is 13.3. The zero-order valence-corrected chi connectivity index (χ0v) is 14.1. The van der Waals surface area contributed by atoms with Crippen LogP contribution in [0.4, 0.5) is 11.4 Å². The minimum Gasteiger partial charge on any atom is -0.372 e. The molecule has 1 heterocycles. The van der Waals surface area contributed by atoms with Crippen molar-refractivity contribution in [3.05, 3.63) is 30.6 Å². The summed E-state index contributed by atoms with van der Waals surface area (Å²) in [6.45, 7) is 3.33. The molecule has 0 fully saturated rings. The van der Waals surface area contributed by atoms with E-state index in [1.165, 1.54) is 14.2 Å². The summed E-state index contributed by atoms with van der Waals surface area (Å²) in [4.78, 5) is 28.2. The minimum atomic E-state index is -0.571. The van der Waals surface area contributed by atoms with Gasteiger partial charge in [0.25, 0.3) is 11.8 Å². The van der Waals surface area contributed by atoms with Gasteiger partial charge in [-0.15, -0.1) is 0 Å². The third kappa shape index (κ3) is 3.87. The Labute approximate surface area is 140 Å². The summed E-state index contributed by atoms with van der Waals surface area (Å²) >= 11 is 0. The van der Waals surface area contributed by atoms with Gasteiger partial charge in [-0.3, -0.25) is 14.6 Å². The first-order chi connectivity index (χ1) is 11.5. The number of nitrogens with one attached hydrogen (secondary N) is 2. The molecule has 0 bridgehead atoms. The highest BCUT2D eigenvalue weighted by molar-refractivity contribution is 6.10. The lowest BCUT2D eigenvalue weighted by Gasteiger charge is -2.16. The van der Waals surface area contributed by atoms with Crippen molar-refractivity contribution in [2.24, 2.45) is 0 Å². The number of ether oxygens (including phenoxy) is 2. The second kappa shape index (κ2) is 7.85. The van der Waals surface area contributed by atoms with Crippen LogP contribution in [0.5, 0.6) is 0 Å². The van der Waals surface area contributed by atoms with Gasteiger partial charge in [-0.25, -0.2) is 0 Å². The largest absolute Gasteiger partial charge is 0.372 e. The van der Waals surface area contributed by atoms with Crippen LogP contribution >= 0.6 is 0 Å². The molecular formula is C17H21N3O4. The van der Waals surface area contributed by atoms with Crippen LogP contribution in [0.25, 0.3) is 10.8 Å². The van der Waals surface area contributed by atoms with Gasteiger partial charge in [0.05, 0.1) is 5.69 Å². The predicted molar refractivity (Wildman–Crippen MR) is 91.9 cm³/mol. The molecule has 0 aliphatic carbocycles. The van der Waals surface area contributed by atoms with Crippen LogP contribution < -0.4 is 10.6 Å². The van der Waals surface area contributed by atoms with E-state index in [0.29, 0.717) is 11.4 Å². The zero-order chi connectivity index (χ0) is 17.7. The number of benzene rings is 1. The average Bonchev–Trinajstić information content (AvgIpc) is 2.61. The molecule has 0 radical (unpaired) electrons. The van der Waals surface area contributed by atoms with E-state index in [9.17, 15) is 9.59 Å². The van der Waals surface area contributed by atoms with Crippen molar-refractivity contribution in [2.75, 3.05) is 24.9 Å². The molecule has 7 heteroatoms. The molecule has 0 unspecified atom stereocenters. The van der Waals surface area contributed by atoms with Crippen LogP contribution in [0.15, 0.2) is 30.6 Å². The second-order valence-corrected chi connectivity index (χ2v) is 5.32. The first-order valence-electron chi connectivity index (χ1n) is 7.52. The highest BCUT2D eigenvalue weighted by atomic mass is 16.5. The fourth-order valence-electron chi connectivity index (χ4n) is 2.09. The predicted octanol–water partition coefficient (Wildman–Crippen LogP) is 2.18. The summed E-state index contributed by atoms with van der Waals surface area (Å²) < 4.78 is 10.0. The summed E-state index contributed by atoms with van der Waals surface area (Å²) in [7, 11) is 2.95. The van der Waals surface area contributed by atoms with E-state index in [-0.39, 0.29) is 11.8 Å². The SMILES string of the molecule is CO[C@@H](C)C(=O)Nc1ccc(NC(=O)[C@@H](C)OC)c2cnccc12. The van der Waals surface area contributed by atoms with Crippen molar-refractivity contribution in [3.8, 4) is 0 Å². The Hall–Kier alpha value is -2.51. The summed E-state index contributed by atoms with van der Waals surface area (Å²) in [5.41, 5.74) is 1.23. The van der Waals surface area contributed by atoms with Crippen molar-refractivity contribution in [1.82, 2.24) is 4.98 Å². The number of fused-ring (bicyclic) bond motifs is 1. The van der Waals surface area contributed by atoms with E-state index in [0.717, 1.165) is 10.8 Å². The standard InChI is InChI=1S/C17H21N3O4/c1-10(23-3)16(21)19-14-5-6-15(20-17(22)11(2)24-4)13-9-18-8-7-12(13)14/h5-11H,1-4H3,(H,19,21)(H,20,22)/t10-,11+/m0/s1. The lowest BCUT2D eigenvalue weighted by Crippen LogP contribution is -2.27. The molecule has 1 aromatic carbocycles. The van der Waals surface area contributed by atoms with E-state index in [1.54, 1.807) is 44.4 Å². The number of hydrogen-bond acceptors (Lipinski definition) is 5. The monoisotopic (exact) mass is 331 g/mol. The van der Waals surface area contributed by atoms with E-state index < -0.39 is 12.2 Å². The topological polar surface area (TPSA) is 89.6 Å². The maximum atomic E-state index is 12.0. The first kappa shape index (κ1) is 17.8. The Morgan fingerprint density at radius 2 is 1.42 bits per heavy atom. The highest BCUT2D eigenvalue weighted by Gasteiger charge is 2.16. The molecular weight excluding hydrogens is 310 g/mol. The molecule has 2 aromatic rings. The van der Waals surface area contributed by atoms with E-state index >= 15 is 0 Å². The molecule has 0 aliphatic heterocycles. The lowest BCUT2D eigenvalue weighted by atomic mass is 10.1. The zero-order valence-electron chi connectivity index (χ0n) is 14.1. The highest BCUT2D eigenvalue weighted by Crippen LogP contribution is 2.29. The molecule has 0 spiro atoms. The van der Waals surface area contributed by atoms with Crippen molar-refractivity contribution in [3.63, 3.8) is 0 Å². The number of pyridine rings is 1. The number of rotatable bonds is 6. The third-order valence-corrected chi connectivity index (χ3v) is 3.78. The molecule has 1 aromatic heterocycles. The van der Waals surface area contributed by atoms with Crippen molar-refractivity contribution < 1.29 is 19.1 Å². The van der Waals surface area contributed by atoms with Gasteiger partial charge in [-0.2, -0.15) is 0 Å². The number of carbonyl (C=O) groups is 2. The summed E-state index contributed by atoms with van der Waals surface area (Å²) in [5, 5.41) is 7.12. The van der Waals surface area contributed by atoms with Gasteiger partial charge in [0.2, 0.25) is 0 Å². The average molecular weight is 331 g/mol. The van der Waals surface area contributed by atoms with Gasteiger partial charge >= 0.3 is 0 Å². The number of aromatic nitrogens is 1. The van der Waals surface area contributed by atoms with Gasteiger partial charge in [-0.1, -0.05) is 0 Å². The molecule has 0 aliphatic rings. The van der Waals surface area contributed by atoms with E-state index in [1.807, 2.05) is 0 Å². The molecule has 2 rings (SSSR count). The van der Waals surface area contributed by atoms with Crippen LogP contribution in [0.2, 0.25) is 0 Å².